The number of halogens is 5. The monoisotopic (exact) mass is 544 g/mol. The van der Waals surface area contributed by atoms with Crippen molar-refractivity contribution in [1.29, 1.82) is 0 Å². The minimum absolute atomic E-state index is 0.0128. The Morgan fingerprint density at radius 1 is 1.11 bits per heavy atom. The number of hydrogen-bond donors (Lipinski definition) is 0. The normalized spacial score (nSPS) is 17.0. The summed E-state index contributed by atoms with van der Waals surface area (Å²) < 4.78 is 103. The van der Waals surface area contributed by atoms with Crippen molar-refractivity contribution in [3.8, 4) is 17.4 Å². The molecular weight excluding hydrogens is 527 g/mol. The zero-order valence-corrected chi connectivity index (χ0v) is 19.5. The van der Waals surface area contributed by atoms with Gasteiger partial charge in [0.1, 0.15) is 18.2 Å². The van der Waals surface area contributed by atoms with Gasteiger partial charge in [-0.05, 0) is 36.6 Å². The van der Waals surface area contributed by atoms with Crippen LogP contribution in [0, 0.1) is 11.6 Å². The van der Waals surface area contributed by atoms with Crippen molar-refractivity contribution in [2.45, 2.75) is 42.6 Å². The van der Waals surface area contributed by atoms with Crippen LogP contribution in [0.4, 0.5) is 27.8 Å². The third kappa shape index (κ3) is 4.58. The number of pyridine rings is 1. The van der Waals surface area contributed by atoms with Gasteiger partial charge in [-0.2, -0.15) is 18.2 Å². The number of rotatable bonds is 6. The molecular formula is C22H17F5N4O5S. The summed E-state index contributed by atoms with van der Waals surface area (Å²) in [5.41, 5.74) is -6.10. The molecule has 196 valence electrons. The van der Waals surface area contributed by atoms with Gasteiger partial charge in [0.25, 0.3) is 9.84 Å². The van der Waals surface area contributed by atoms with Crippen LogP contribution in [-0.2, 0) is 23.0 Å². The second kappa shape index (κ2) is 8.97. The Morgan fingerprint density at radius 3 is 2.54 bits per heavy atom. The van der Waals surface area contributed by atoms with E-state index in [0.29, 0.717) is 24.6 Å². The fourth-order valence-corrected chi connectivity index (χ4v) is 4.99. The molecule has 0 bridgehead atoms. The van der Waals surface area contributed by atoms with E-state index in [9.17, 15) is 35.2 Å². The summed E-state index contributed by atoms with van der Waals surface area (Å²) in [6, 6.07) is 4.89. The van der Waals surface area contributed by atoms with Crippen molar-refractivity contribution < 1.29 is 39.8 Å². The number of anilines is 1. The Kier molecular flexibility index (Phi) is 6.04. The number of ether oxygens (including phenoxy) is 2. The number of hydrogen-bond acceptors (Lipinski definition) is 8. The van der Waals surface area contributed by atoms with Crippen LogP contribution in [-0.4, -0.2) is 41.0 Å². The lowest BCUT2D eigenvalue weighted by atomic mass is 10.2. The lowest BCUT2D eigenvalue weighted by molar-refractivity contribution is -0.0438. The fraction of sp³-hybridized carbons (Fsp3) is 0.318. The van der Waals surface area contributed by atoms with Gasteiger partial charge in [0.2, 0.25) is 5.88 Å². The van der Waals surface area contributed by atoms with Gasteiger partial charge in [0, 0.05) is 37.5 Å². The minimum Gasteiger partial charge on any atom is -0.473 e. The molecule has 0 spiro atoms. The smallest absolute Gasteiger partial charge is 0.473 e. The topological polar surface area (TPSA) is 104 Å². The Labute approximate surface area is 206 Å². The lowest BCUT2D eigenvalue weighted by Gasteiger charge is -2.17. The summed E-state index contributed by atoms with van der Waals surface area (Å²) >= 11 is 0. The van der Waals surface area contributed by atoms with Gasteiger partial charge in [0.15, 0.2) is 22.4 Å². The van der Waals surface area contributed by atoms with Crippen molar-refractivity contribution in [2.24, 2.45) is 0 Å². The van der Waals surface area contributed by atoms with Crippen molar-refractivity contribution in [2.75, 3.05) is 11.4 Å². The number of aromatic nitrogens is 3. The van der Waals surface area contributed by atoms with Crippen LogP contribution in [0.5, 0.6) is 17.4 Å². The first-order valence-electron chi connectivity index (χ1n) is 10.9. The van der Waals surface area contributed by atoms with Crippen LogP contribution < -0.4 is 20.1 Å². The van der Waals surface area contributed by atoms with E-state index in [1.165, 1.54) is 0 Å². The van der Waals surface area contributed by atoms with Crippen molar-refractivity contribution in [3.05, 3.63) is 64.2 Å². The molecule has 15 heteroatoms. The summed E-state index contributed by atoms with van der Waals surface area (Å²) in [6.07, 6.45) is 2.66. The first-order chi connectivity index (χ1) is 17.4. The zero-order valence-electron chi connectivity index (χ0n) is 18.7. The molecule has 0 amide bonds. The SMILES string of the molecule is O=c1nc(OCc2cc(F)c(Oc3ccnc(S(=O)(=O)C(F)(F)F)c3)c(F)c2)cc2n1CC1CCCN21. The number of sulfone groups is 1. The third-order valence-electron chi connectivity index (χ3n) is 5.98. The van der Waals surface area contributed by atoms with Crippen LogP contribution in [0.3, 0.4) is 0 Å². The summed E-state index contributed by atoms with van der Waals surface area (Å²) in [4.78, 5) is 21.4. The molecule has 0 saturated carbocycles. The highest BCUT2D eigenvalue weighted by Gasteiger charge is 2.48. The molecule has 0 aliphatic carbocycles. The minimum atomic E-state index is -5.79. The summed E-state index contributed by atoms with van der Waals surface area (Å²) in [5, 5.41) is -1.39. The molecule has 1 unspecified atom stereocenters. The Hall–Kier alpha value is -3.75. The molecule has 3 aromatic rings. The third-order valence-corrected chi connectivity index (χ3v) is 7.36. The standard InChI is InChI=1S/C22H17F5N4O5S/c23-15-6-12(11-35-17-9-19-30-5-1-2-13(30)10-31(19)21(32)29-17)7-16(24)20(15)36-14-3-4-28-18(8-14)37(33,34)22(25,26)27/h3-4,6-9,13H,1-2,5,10-11H2. The fourth-order valence-electron chi connectivity index (χ4n) is 4.28. The van der Waals surface area contributed by atoms with Crippen LogP contribution in [0.15, 0.2) is 46.3 Å². The highest BCUT2D eigenvalue weighted by Crippen LogP contribution is 2.35. The second-order valence-electron chi connectivity index (χ2n) is 8.39. The Balaban J connectivity index is 1.33. The summed E-state index contributed by atoms with van der Waals surface area (Å²) in [5.74, 6) is -3.35. The van der Waals surface area contributed by atoms with Crippen molar-refractivity contribution >= 4 is 15.7 Å². The van der Waals surface area contributed by atoms with E-state index in [4.69, 9.17) is 9.47 Å². The van der Waals surface area contributed by atoms with Crippen molar-refractivity contribution in [3.63, 3.8) is 0 Å². The molecule has 2 aliphatic heterocycles. The van der Waals surface area contributed by atoms with Gasteiger partial charge in [0.05, 0.1) is 0 Å². The van der Waals surface area contributed by atoms with E-state index in [1.807, 2.05) is 0 Å². The number of nitrogens with zero attached hydrogens (tertiary/aromatic N) is 4. The maximum atomic E-state index is 14.6. The van der Waals surface area contributed by atoms with Gasteiger partial charge < -0.3 is 14.4 Å². The molecule has 2 aromatic heterocycles. The van der Waals surface area contributed by atoms with Gasteiger partial charge in [-0.15, -0.1) is 0 Å². The maximum absolute atomic E-state index is 14.6. The first-order valence-corrected chi connectivity index (χ1v) is 12.4. The molecule has 1 saturated heterocycles. The van der Waals surface area contributed by atoms with Crippen LogP contribution in [0.25, 0.3) is 0 Å². The van der Waals surface area contributed by atoms with E-state index in [0.717, 1.165) is 37.6 Å². The van der Waals surface area contributed by atoms with E-state index in [-0.39, 0.29) is 24.1 Å². The summed E-state index contributed by atoms with van der Waals surface area (Å²) in [7, 11) is -5.79. The van der Waals surface area contributed by atoms with Crippen LogP contribution >= 0.6 is 0 Å². The van der Waals surface area contributed by atoms with Crippen molar-refractivity contribution in [1.82, 2.24) is 14.5 Å². The molecule has 2 aliphatic rings. The second-order valence-corrected chi connectivity index (χ2v) is 10.3. The zero-order chi connectivity index (χ0) is 26.5. The van der Waals surface area contributed by atoms with E-state index in [1.54, 1.807) is 10.6 Å². The van der Waals surface area contributed by atoms with Gasteiger partial charge in [-0.3, -0.25) is 4.57 Å². The maximum Gasteiger partial charge on any atom is 0.503 e. The number of benzene rings is 1. The molecule has 1 atom stereocenters. The van der Waals surface area contributed by atoms with Gasteiger partial charge >= 0.3 is 11.2 Å². The highest BCUT2D eigenvalue weighted by atomic mass is 32.2. The van der Waals surface area contributed by atoms with Crippen LogP contribution in [0.1, 0.15) is 18.4 Å². The molecule has 0 radical (unpaired) electrons. The molecule has 5 rings (SSSR count). The van der Waals surface area contributed by atoms with Gasteiger partial charge in [-0.25, -0.2) is 27.0 Å². The molecule has 1 aromatic carbocycles. The average molecular weight is 544 g/mol. The number of fused-ring (bicyclic) bond motifs is 3. The van der Waals surface area contributed by atoms with E-state index >= 15 is 0 Å². The molecule has 9 nitrogen and oxygen atoms in total. The molecule has 4 heterocycles. The molecule has 37 heavy (non-hydrogen) atoms. The quantitative estimate of drug-likeness (QED) is 0.434. The summed E-state index contributed by atoms with van der Waals surface area (Å²) in [6.45, 7) is 0.990. The Morgan fingerprint density at radius 2 is 1.84 bits per heavy atom. The largest absolute Gasteiger partial charge is 0.503 e. The van der Waals surface area contributed by atoms with Crippen LogP contribution in [0.2, 0.25) is 0 Å². The Bertz CT molecular complexity index is 1520. The average Bonchev–Trinajstić information content (AvgIpc) is 3.42. The van der Waals surface area contributed by atoms with E-state index < -0.39 is 49.2 Å². The predicted molar refractivity (Wildman–Crippen MR) is 117 cm³/mol. The van der Waals surface area contributed by atoms with E-state index in [2.05, 4.69) is 14.9 Å². The number of alkyl halides is 3. The molecule has 1 fully saturated rings. The highest BCUT2D eigenvalue weighted by molar-refractivity contribution is 7.92. The molecule has 0 N–H and O–H groups in total. The predicted octanol–water partition coefficient (Wildman–Crippen LogP) is 3.56. The first kappa shape index (κ1) is 24.9. The van der Waals surface area contributed by atoms with Gasteiger partial charge in [-0.1, -0.05) is 0 Å². The lowest BCUT2D eigenvalue weighted by Crippen LogP contribution is -2.24.